The van der Waals surface area contributed by atoms with Crippen LogP contribution in [0.5, 0.6) is 0 Å². The van der Waals surface area contributed by atoms with Gasteiger partial charge in [0.1, 0.15) is 11.0 Å². The maximum absolute atomic E-state index is 13.7. The Bertz CT molecular complexity index is 1210. The van der Waals surface area contributed by atoms with E-state index in [9.17, 15) is 27.2 Å². The summed E-state index contributed by atoms with van der Waals surface area (Å²) in [6, 6.07) is 8.64. The molecule has 1 aliphatic rings. The lowest BCUT2D eigenvalue weighted by atomic mass is 9.97. The SMILES string of the molecule is O=C(Nc1cccc2c1C(c1ccnc(Cl)c1)NC2=O)c1cc(F)cc(C(F)(F)F)c1. The highest BCUT2D eigenvalue weighted by atomic mass is 35.5. The van der Waals surface area contributed by atoms with Crippen LogP contribution in [0.1, 0.15) is 43.4 Å². The third-order valence-corrected chi connectivity index (χ3v) is 4.94. The lowest BCUT2D eigenvalue weighted by molar-refractivity contribution is -0.137. The minimum Gasteiger partial charge on any atom is -0.341 e. The number of nitrogens with one attached hydrogen (secondary N) is 2. The summed E-state index contributed by atoms with van der Waals surface area (Å²) in [5.74, 6) is -2.54. The summed E-state index contributed by atoms with van der Waals surface area (Å²) in [5.41, 5.74) is -0.306. The molecule has 0 saturated carbocycles. The van der Waals surface area contributed by atoms with Crippen LogP contribution in [0.25, 0.3) is 0 Å². The number of carbonyl (C=O) groups excluding carboxylic acids is 2. The Balaban J connectivity index is 1.72. The average Bonchev–Trinajstić information content (AvgIpc) is 3.05. The Labute approximate surface area is 178 Å². The van der Waals surface area contributed by atoms with Crippen molar-refractivity contribution in [2.24, 2.45) is 0 Å². The molecule has 2 N–H and O–H groups in total. The first-order chi connectivity index (χ1) is 14.6. The molecule has 0 fully saturated rings. The molecular formula is C21H12ClF4N3O2. The molecule has 2 heterocycles. The molecule has 0 aliphatic carbocycles. The molecule has 0 saturated heterocycles. The van der Waals surface area contributed by atoms with Crippen LogP contribution in [0.4, 0.5) is 23.2 Å². The van der Waals surface area contributed by atoms with Gasteiger partial charge < -0.3 is 10.6 Å². The predicted molar refractivity (Wildman–Crippen MR) is 104 cm³/mol. The first-order valence-electron chi connectivity index (χ1n) is 8.88. The fraction of sp³-hybridized carbons (Fsp3) is 0.0952. The van der Waals surface area contributed by atoms with Crippen molar-refractivity contribution < 1.29 is 27.2 Å². The van der Waals surface area contributed by atoms with Gasteiger partial charge in [-0.25, -0.2) is 9.37 Å². The molecule has 0 bridgehead atoms. The van der Waals surface area contributed by atoms with E-state index >= 15 is 0 Å². The number of hydrogen-bond acceptors (Lipinski definition) is 3. The van der Waals surface area contributed by atoms with Crippen molar-refractivity contribution in [1.29, 1.82) is 0 Å². The van der Waals surface area contributed by atoms with E-state index in [2.05, 4.69) is 15.6 Å². The molecule has 4 rings (SSSR count). The molecule has 0 spiro atoms. The van der Waals surface area contributed by atoms with Crippen molar-refractivity contribution in [2.45, 2.75) is 12.2 Å². The van der Waals surface area contributed by atoms with Gasteiger partial charge in [0.05, 0.1) is 11.6 Å². The average molecular weight is 450 g/mol. The summed E-state index contributed by atoms with van der Waals surface area (Å²) in [5, 5.41) is 5.45. The fourth-order valence-corrected chi connectivity index (χ4v) is 3.57. The Hall–Kier alpha value is -3.46. The number of nitrogens with zero attached hydrogens (tertiary/aromatic N) is 1. The zero-order chi connectivity index (χ0) is 22.3. The highest BCUT2D eigenvalue weighted by Gasteiger charge is 2.34. The normalized spacial score (nSPS) is 15.4. The minimum atomic E-state index is -4.81. The summed E-state index contributed by atoms with van der Waals surface area (Å²) in [7, 11) is 0. The molecule has 2 amide bonds. The third kappa shape index (κ3) is 4.09. The minimum absolute atomic E-state index is 0.191. The number of amides is 2. The molecule has 1 unspecified atom stereocenters. The van der Waals surface area contributed by atoms with E-state index in [1.54, 1.807) is 18.2 Å². The maximum atomic E-state index is 13.7. The van der Waals surface area contributed by atoms with Gasteiger partial charge in [0.2, 0.25) is 0 Å². The van der Waals surface area contributed by atoms with Crippen molar-refractivity contribution in [3.63, 3.8) is 0 Å². The van der Waals surface area contributed by atoms with E-state index in [0.717, 1.165) is 0 Å². The van der Waals surface area contributed by atoms with Gasteiger partial charge in [-0.3, -0.25) is 9.59 Å². The van der Waals surface area contributed by atoms with Gasteiger partial charge in [0, 0.05) is 28.6 Å². The van der Waals surface area contributed by atoms with E-state index in [0.29, 0.717) is 29.3 Å². The number of halogens is 5. The van der Waals surface area contributed by atoms with Crippen molar-refractivity contribution in [1.82, 2.24) is 10.3 Å². The molecule has 158 valence electrons. The van der Waals surface area contributed by atoms with Gasteiger partial charge in [0.25, 0.3) is 11.8 Å². The summed E-state index contributed by atoms with van der Waals surface area (Å²) in [6.45, 7) is 0. The molecule has 31 heavy (non-hydrogen) atoms. The first-order valence-corrected chi connectivity index (χ1v) is 9.25. The number of hydrogen-bond donors (Lipinski definition) is 2. The topological polar surface area (TPSA) is 71.1 Å². The quantitative estimate of drug-likeness (QED) is 0.438. The lowest BCUT2D eigenvalue weighted by Gasteiger charge is -2.17. The molecule has 1 aromatic heterocycles. The number of alkyl halides is 3. The van der Waals surface area contributed by atoms with Crippen LogP contribution in [0, 0.1) is 5.82 Å². The Morgan fingerprint density at radius 3 is 2.61 bits per heavy atom. The van der Waals surface area contributed by atoms with Crippen LogP contribution >= 0.6 is 11.6 Å². The number of rotatable bonds is 3. The number of benzene rings is 2. The zero-order valence-corrected chi connectivity index (χ0v) is 16.2. The number of anilines is 1. The second kappa shape index (κ2) is 7.66. The zero-order valence-electron chi connectivity index (χ0n) is 15.4. The monoisotopic (exact) mass is 449 g/mol. The van der Waals surface area contributed by atoms with Crippen LogP contribution < -0.4 is 10.6 Å². The molecule has 5 nitrogen and oxygen atoms in total. The third-order valence-electron chi connectivity index (χ3n) is 4.73. The smallest absolute Gasteiger partial charge is 0.341 e. The van der Waals surface area contributed by atoms with E-state index in [4.69, 9.17) is 11.6 Å². The van der Waals surface area contributed by atoms with Gasteiger partial charge in [-0.15, -0.1) is 0 Å². The first kappa shape index (κ1) is 20.8. The van der Waals surface area contributed by atoms with E-state index in [1.165, 1.54) is 18.3 Å². The maximum Gasteiger partial charge on any atom is 0.416 e. The van der Waals surface area contributed by atoms with Gasteiger partial charge in [-0.1, -0.05) is 17.7 Å². The highest BCUT2D eigenvalue weighted by Crippen LogP contribution is 2.37. The van der Waals surface area contributed by atoms with Crippen LogP contribution in [-0.4, -0.2) is 16.8 Å². The molecule has 1 atom stereocenters. The van der Waals surface area contributed by atoms with E-state index < -0.39 is 41.0 Å². The summed E-state index contributed by atoms with van der Waals surface area (Å²) in [6.07, 6.45) is -3.36. The number of aromatic nitrogens is 1. The number of carbonyl (C=O) groups is 2. The Kier molecular flexibility index (Phi) is 5.14. The molecule has 3 aromatic rings. The van der Waals surface area contributed by atoms with Crippen molar-refractivity contribution in [3.8, 4) is 0 Å². The van der Waals surface area contributed by atoms with Crippen LogP contribution in [-0.2, 0) is 6.18 Å². The van der Waals surface area contributed by atoms with Crippen LogP contribution in [0.3, 0.4) is 0 Å². The van der Waals surface area contributed by atoms with Gasteiger partial charge in [-0.05, 0) is 48.0 Å². The van der Waals surface area contributed by atoms with Gasteiger partial charge in [-0.2, -0.15) is 13.2 Å². The van der Waals surface area contributed by atoms with Gasteiger partial charge in [0.15, 0.2) is 0 Å². The summed E-state index contributed by atoms with van der Waals surface area (Å²) in [4.78, 5) is 28.9. The van der Waals surface area contributed by atoms with Crippen LogP contribution in [0.2, 0.25) is 5.15 Å². The molecular weight excluding hydrogens is 438 g/mol. The molecule has 0 radical (unpaired) electrons. The number of fused-ring (bicyclic) bond motifs is 1. The van der Waals surface area contributed by atoms with Crippen molar-refractivity contribution in [3.05, 3.63) is 93.5 Å². The molecule has 2 aromatic carbocycles. The summed E-state index contributed by atoms with van der Waals surface area (Å²) >= 11 is 5.94. The standard InChI is InChI=1S/C21H12ClF4N3O2/c22-16-8-10(4-5-27-16)18-17-14(20(31)29-18)2-1-3-15(17)28-19(30)11-6-12(21(24,25)26)9-13(23)7-11/h1-9,18H,(H,28,30)(H,29,31). The predicted octanol–water partition coefficient (Wildman–Crippen LogP) is 4.98. The van der Waals surface area contributed by atoms with Crippen molar-refractivity contribution >= 4 is 29.1 Å². The Morgan fingerprint density at radius 2 is 1.90 bits per heavy atom. The Morgan fingerprint density at radius 1 is 1.13 bits per heavy atom. The molecule has 1 aliphatic heterocycles. The van der Waals surface area contributed by atoms with E-state index in [-0.39, 0.29) is 16.4 Å². The van der Waals surface area contributed by atoms with Gasteiger partial charge >= 0.3 is 6.18 Å². The summed E-state index contributed by atoms with van der Waals surface area (Å²) < 4.78 is 52.6. The number of pyridine rings is 1. The van der Waals surface area contributed by atoms with Crippen molar-refractivity contribution in [2.75, 3.05) is 5.32 Å². The molecule has 10 heteroatoms. The fourth-order valence-electron chi connectivity index (χ4n) is 3.39. The van der Waals surface area contributed by atoms with E-state index in [1.807, 2.05) is 0 Å². The lowest BCUT2D eigenvalue weighted by Crippen LogP contribution is -2.21. The second-order valence-corrected chi connectivity index (χ2v) is 7.15. The second-order valence-electron chi connectivity index (χ2n) is 6.77. The van der Waals surface area contributed by atoms with Crippen LogP contribution in [0.15, 0.2) is 54.7 Å². The largest absolute Gasteiger partial charge is 0.416 e. The highest BCUT2D eigenvalue weighted by molar-refractivity contribution is 6.29.